The molecule has 0 fully saturated rings. The number of carbonyl (C=O) groups excluding carboxylic acids is 2. The zero-order valence-electron chi connectivity index (χ0n) is 17.3. The molecule has 1 rings (SSSR count). The van der Waals surface area contributed by atoms with Crippen LogP contribution in [-0.4, -0.2) is 27.2 Å². The average molecular weight is 443 g/mol. The summed E-state index contributed by atoms with van der Waals surface area (Å²) in [4.78, 5) is 25.6. The first kappa shape index (κ1) is 22.9. The normalized spacial score (nSPS) is 13.9. The minimum absolute atomic E-state index is 0.00780. The third-order valence-electron chi connectivity index (χ3n) is 4.89. The Labute approximate surface area is 166 Å². The molecule has 0 radical (unpaired) electrons. The van der Waals surface area contributed by atoms with Crippen molar-refractivity contribution in [1.29, 1.82) is 0 Å². The molecule has 0 saturated heterocycles. The molecule has 1 unspecified atom stereocenters. The van der Waals surface area contributed by atoms with Crippen LogP contribution in [0.5, 0.6) is 5.75 Å². The van der Waals surface area contributed by atoms with E-state index in [1.54, 1.807) is 26.8 Å². The van der Waals surface area contributed by atoms with E-state index < -0.39 is 25.6 Å². The Kier molecular flexibility index (Phi) is 6.91. The van der Waals surface area contributed by atoms with Gasteiger partial charge < -0.3 is 9.16 Å². The minimum atomic E-state index is -2.14. The van der Waals surface area contributed by atoms with Crippen LogP contribution in [0.1, 0.15) is 53.0 Å². The maximum absolute atomic E-state index is 13.0. The Morgan fingerprint density at radius 1 is 1.08 bits per heavy atom. The average Bonchev–Trinajstić information content (AvgIpc) is 2.47. The smallest absolute Gasteiger partial charge is 0.320 e. The fourth-order valence-electron chi connectivity index (χ4n) is 2.19. The lowest BCUT2D eigenvalue weighted by atomic mass is 9.79. The summed E-state index contributed by atoms with van der Waals surface area (Å²) in [5.41, 5.74) is -0.133. The van der Waals surface area contributed by atoms with Crippen molar-refractivity contribution in [3.05, 3.63) is 28.2 Å². The molecule has 1 atom stereocenters. The van der Waals surface area contributed by atoms with Gasteiger partial charge in [-0.1, -0.05) is 57.5 Å². The molecular formula is C20H31BrO4Si. The predicted octanol–water partition coefficient (Wildman–Crippen LogP) is 5.70. The number of ether oxygens (including phenoxy) is 1. The molecule has 1 aromatic carbocycles. The van der Waals surface area contributed by atoms with E-state index in [9.17, 15) is 9.59 Å². The van der Waals surface area contributed by atoms with Gasteiger partial charge in [-0.2, -0.15) is 0 Å². The highest BCUT2D eigenvalue weighted by molar-refractivity contribution is 9.10. The van der Waals surface area contributed by atoms with Crippen LogP contribution in [0.4, 0.5) is 0 Å². The van der Waals surface area contributed by atoms with Crippen LogP contribution in [-0.2, 0) is 14.3 Å². The standard InChI is InChI=1S/C20H31BrO4Si/c1-19(2,3)17(22)16(18(23)24-7)14-12-13(21)10-11-15(14)25-26(8,9)20(4,5)6/h10-12,16H,1-9H3. The Morgan fingerprint density at radius 3 is 2.04 bits per heavy atom. The SMILES string of the molecule is COC(=O)C(C(=O)C(C)(C)C)c1cc(Br)ccc1O[Si](C)(C)C(C)(C)C. The Bertz CT molecular complexity index is 684. The highest BCUT2D eigenvalue weighted by atomic mass is 79.9. The summed E-state index contributed by atoms with van der Waals surface area (Å²) in [5.74, 6) is -1.20. The maximum Gasteiger partial charge on any atom is 0.320 e. The number of benzene rings is 1. The quantitative estimate of drug-likeness (QED) is 0.333. The van der Waals surface area contributed by atoms with E-state index in [2.05, 4.69) is 49.8 Å². The second-order valence-electron chi connectivity index (χ2n) is 9.11. The van der Waals surface area contributed by atoms with Gasteiger partial charge >= 0.3 is 5.97 Å². The van der Waals surface area contributed by atoms with E-state index in [0.29, 0.717) is 11.3 Å². The van der Waals surface area contributed by atoms with Gasteiger partial charge in [0.2, 0.25) is 8.32 Å². The van der Waals surface area contributed by atoms with Crippen LogP contribution >= 0.6 is 15.9 Å². The third-order valence-corrected chi connectivity index (χ3v) is 9.73. The van der Waals surface area contributed by atoms with Gasteiger partial charge in [0.05, 0.1) is 7.11 Å². The lowest BCUT2D eigenvalue weighted by molar-refractivity contribution is -0.147. The summed E-state index contributed by atoms with van der Waals surface area (Å²) in [6.45, 7) is 16.1. The number of ketones is 1. The molecule has 0 aliphatic carbocycles. The van der Waals surface area contributed by atoms with Gasteiger partial charge in [0.15, 0.2) is 5.78 Å². The summed E-state index contributed by atoms with van der Waals surface area (Å²) in [6, 6.07) is 5.47. The van der Waals surface area contributed by atoms with E-state index in [-0.39, 0.29) is 10.8 Å². The molecule has 1 aromatic rings. The first-order chi connectivity index (χ1) is 11.6. The lowest BCUT2D eigenvalue weighted by Crippen LogP contribution is -2.44. The summed E-state index contributed by atoms with van der Waals surface area (Å²) in [5, 5.41) is -0.00780. The second kappa shape index (κ2) is 7.85. The van der Waals surface area contributed by atoms with Gasteiger partial charge in [0, 0.05) is 15.5 Å². The lowest BCUT2D eigenvalue weighted by Gasteiger charge is -2.37. The van der Waals surface area contributed by atoms with Crippen molar-refractivity contribution in [2.24, 2.45) is 5.41 Å². The summed E-state index contributed by atoms with van der Waals surface area (Å²) in [6.07, 6.45) is 0. The van der Waals surface area contributed by atoms with Crippen LogP contribution in [0.2, 0.25) is 18.1 Å². The van der Waals surface area contributed by atoms with Crippen LogP contribution in [0, 0.1) is 5.41 Å². The van der Waals surface area contributed by atoms with Crippen LogP contribution in [0.25, 0.3) is 0 Å². The molecule has 0 N–H and O–H groups in total. The molecule has 6 heteroatoms. The molecule has 0 aromatic heterocycles. The summed E-state index contributed by atoms with van der Waals surface area (Å²) in [7, 11) is -0.842. The van der Waals surface area contributed by atoms with E-state index in [1.807, 2.05) is 12.1 Å². The first-order valence-electron chi connectivity index (χ1n) is 8.72. The number of carbonyl (C=O) groups is 2. The van der Waals surface area contributed by atoms with Crippen molar-refractivity contribution in [3.8, 4) is 5.75 Å². The summed E-state index contributed by atoms with van der Waals surface area (Å²) < 4.78 is 12.2. The van der Waals surface area contributed by atoms with Gasteiger partial charge in [-0.15, -0.1) is 0 Å². The van der Waals surface area contributed by atoms with Crippen molar-refractivity contribution < 1.29 is 18.8 Å². The highest BCUT2D eigenvalue weighted by Crippen LogP contribution is 2.41. The molecule has 0 heterocycles. The summed E-state index contributed by atoms with van der Waals surface area (Å²) >= 11 is 3.45. The maximum atomic E-state index is 13.0. The number of Topliss-reactive ketones (excluding diaryl/α,β-unsaturated/α-hetero) is 1. The van der Waals surface area contributed by atoms with Crippen molar-refractivity contribution in [1.82, 2.24) is 0 Å². The Balaban J connectivity index is 3.55. The molecule has 0 bridgehead atoms. The molecule has 0 aliphatic rings. The fourth-order valence-corrected chi connectivity index (χ4v) is 3.61. The molecule has 0 spiro atoms. The first-order valence-corrected chi connectivity index (χ1v) is 12.4. The number of halogens is 1. The van der Waals surface area contributed by atoms with E-state index in [1.165, 1.54) is 7.11 Å². The number of esters is 1. The van der Waals surface area contributed by atoms with E-state index in [0.717, 1.165) is 4.47 Å². The Hall–Kier alpha value is -1.14. The minimum Gasteiger partial charge on any atom is -0.543 e. The highest BCUT2D eigenvalue weighted by Gasteiger charge is 2.42. The third kappa shape index (κ3) is 5.19. The number of methoxy groups -OCH3 is 1. The zero-order chi connectivity index (χ0) is 20.5. The molecular weight excluding hydrogens is 412 g/mol. The predicted molar refractivity (Wildman–Crippen MR) is 111 cm³/mol. The second-order valence-corrected chi connectivity index (χ2v) is 14.8. The van der Waals surface area contributed by atoms with Gasteiger partial charge in [-0.25, -0.2) is 0 Å². The molecule has 146 valence electrons. The number of rotatable bonds is 5. The number of hydrogen-bond donors (Lipinski definition) is 0. The topological polar surface area (TPSA) is 52.6 Å². The molecule has 0 amide bonds. The molecule has 0 aliphatic heterocycles. The molecule has 4 nitrogen and oxygen atoms in total. The largest absolute Gasteiger partial charge is 0.543 e. The molecule has 0 saturated carbocycles. The van der Waals surface area contributed by atoms with Crippen LogP contribution in [0.15, 0.2) is 22.7 Å². The van der Waals surface area contributed by atoms with Crippen molar-refractivity contribution in [2.75, 3.05) is 7.11 Å². The van der Waals surface area contributed by atoms with E-state index in [4.69, 9.17) is 9.16 Å². The van der Waals surface area contributed by atoms with Crippen molar-refractivity contribution >= 4 is 36.0 Å². The van der Waals surface area contributed by atoms with E-state index >= 15 is 0 Å². The van der Waals surface area contributed by atoms with Gasteiger partial charge in [-0.3, -0.25) is 9.59 Å². The Morgan fingerprint density at radius 2 is 1.62 bits per heavy atom. The monoisotopic (exact) mass is 442 g/mol. The van der Waals surface area contributed by atoms with Crippen molar-refractivity contribution in [2.45, 2.75) is 65.6 Å². The van der Waals surface area contributed by atoms with Gasteiger partial charge in [-0.05, 0) is 36.3 Å². The zero-order valence-corrected chi connectivity index (χ0v) is 19.9. The van der Waals surface area contributed by atoms with Crippen LogP contribution in [0.3, 0.4) is 0 Å². The van der Waals surface area contributed by atoms with Crippen LogP contribution < -0.4 is 4.43 Å². The van der Waals surface area contributed by atoms with Gasteiger partial charge in [0.1, 0.15) is 11.7 Å². The fraction of sp³-hybridized carbons (Fsp3) is 0.600. The van der Waals surface area contributed by atoms with Crippen molar-refractivity contribution in [3.63, 3.8) is 0 Å². The number of hydrogen-bond acceptors (Lipinski definition) is 4. The molecule has 26 heavy (non-hydrogen) atoms. The van der Waals surface area contributed by atoms with Gasteiger partial charge in [0.25, 0.3) is 0 Å².